The average molecular weight is 321 g/mol. The van der Waals surface area contributed by atoms with E-state index in [4.69, 9.17) is 4.74 Å². The highest BCUT2D eigenvalue weighted by Gasteiger charge is 2.32. The Hall–Kier alpha value is -2.82. The molecule has 0 radical (unpaired) electrons. The summed E-state index contributed by atoms with van der Waals surface area (Å²) in [5.41, 5.74) is 3.04. The van der Waals surface area contributed by atoms with Gasteiger partial charge in [-0.2, -0.15) is 0 Å². The van der Waals surface area contributed by atoms with Gasteiger partial charge >= 0.3 is 0 Å². The maximum absolute atomic E-state index is 12.4. The number of amides is 1. The van der Waals surface area contributed by atoms with Crippen molar-refractivity contribution in [2.45, 2.75) is 19.4 Å². The Kier molecular flexibility index (Phi) is 3.69. The van der Waals surface area contributed by atoms with Gasteiger partial charge in [-0.3, -0.25) is 4.79 Å². The number of nitrogens with zero attached hydrogens (tertiary/aromatic N) is 2. The maximum Gasteiger partial charge on any atom is 0.227 e. The highest BCUT2D eigenvalue weighted by atomic mass is 16.5. The number of pyridine rings is 1. The molecule has 5 heteroatoms. The molecule has 0 aliphatic carbocycles. The van der Waals surface area contributed by atoms with E-state index in [2.05, 4.69) is 9.97 Å². The van der Waals surface area contributed by atoms with Crippen LogP contribution in [-0.4, -0.2) is 40.0 Å². The summed E-state index contributed by atoms with van der Waals surface area (Å²) in [6.07, 6.45) is 2.37. The smallest absolute Gasteiger partial charge is 0.227 e. The first-order valence-electron chi connectivity index (χ1n) is 8.12. The lowest BCUT2D eigenvalue weighted by Crippen LogP contribution is -2.56. The number of fused-ring (bicyclic) bond motifs is 1. The van der Waals surface area contributed by atoms with Crippen LogP contribution in [-0.2, 0) is 11.2 Å². The Morgan fingerprint density at radius 1 is 1.25 bits per heavy atom. The summed E-state index contributed by atoms with van der Waals surface area (Å²) in [5, 5.41) is 1.11. The van der Waals surface area contributed by atoms with Gasteiger partial charge in [-0.25, -0.2) is 4.98 Å². The lowest BCUT2D eigenvalue weighted by Gasteiger charge is -2.38. The van der Waals surface area contributed by atoms with Crippen LogP contribution in [0.1, 0.15) is 11.3 Å². The number of ether oxygens (including phenoxy) is 1. The van der Waals surface area contributed by atoms with Gasteiger partial charge in [-0.1, -0.05) is 24.3 Å². The van der Waals surface area contributed by atoms with Crippen LogP contribution in [0.25, 0.3) is 10.9 Å². The minimum Gasteiger partial charge on any atom is -0.471 e. The van der Waals surface area contributed by atoms with Gasteiger partial charge in [-0.05, 0) is 24.6 Å². The number of nitrogens with one attached hydrogen (secondary N) is 1. The molecule has 1 saturated heterocycles. The van der Waals surface area contributed by atoms with Gasteiger partial charge in [0, 0.05) is 28.9 Å². The van der Waals surface area contributed by atoms with Crippen LogP contribution in [0.15, 0.2) is 48.7 Å². The van der Waals surface area contributed by atoms with E-state index in [9.17, 15) is 4.79 Å². The topological polar surface area (TPSA) is 58.2 Å². The van der Waals surface area contributed by atoms with Gasteiger partial charge in [0.25, 0.3) is 0 Å². The van der Waals surface area contributed by atoms with Crippen molar-refractivity contribution in [1.82, 2.24) is 14.9 Å². The Labute approximate surface area is 140 Å². The first-order valence-corrected chi connectivity index (χ1v) is 8.12. The molecule has 3 aromatic rings. The second-order valence-corrected chi connectivity index (χ2v) is 6.19. The number of carbonyl (C=O) groups excluding carboxylic acids is 1. The van der Waals surface area contributed by atoms with Crippen molar-refractivity contribution in [3.05, 3.63) is 59.9 Å². The number of aromatic amines is 1. The molecule has 3 heterocycles. The van der Waals surface area contributed by atoms with E-state index in [0.717, 1.165) is 22.2 Å². The highest BCUT2D eigenvalue weighted by molar-refractivity contribution is 5.89. The number of benzene rings is 1. The molecule has 0 bridgehead atoms. The second-order valence-electron chi connectivity index (χ2n) is 6.19. The normalized spacial score (nSPS) is 14.6. The Balaban J connectivity index is 1.34. The molecule has 5 nitrogen and oxygen atoms in total. The summed E-state index contributed by atoms with van der Waals surface area (Å²) in [4.78, 5) is 21.8. The third kappa shape index (κ3) is 2.85. The van der Waals surface area contributed by atoms with E-state index >= 15 is 0 Å². The molecule has 1 amide bonds. The fourth-order valence-corrected chi connectivity index (χ4v) is 3.02. The molecule has 1 aliphatic rings. The second kappa shape index (κ2) is 6.00. The summed E-state index contributed by atoms with van der Waals surface area (Å²) < 4.78 is 5.81. The zero-order valence-electron chi connectivity index (χ0n) is 13.5. The van der Waals surface area contributed by atoms with Crippen molar-refractivity contribution in [1.29, 1.82) is 0 Å². The zero-order valence-corrected chi connectivity index (χ0v) is 13.5. The van der Waals surface area contributed by atoms with Crippen molar-refractivity contribution >= 4 is 16.8 Å². The first kappa shape index (κ1) is 14.8. The van der Waals surface area contributed by atoms with E-state index in [1.54, 1.807) is 0 Å². The number of rotatable bonds is 4. The molecule has 0 atom stereocenters. The minimum absolute atomic E-state index is 0.0335. The largest absolute Gasteiger partial charge is 0.471 e. The summed E-state index contributed by atoms with van der Waals surface area (Å²) in [7, 11) is 0. The van der Waals surface area contributed by atoms with Gasteiger partial charge in [0.15, 0.2) is 0 Å². The van der Waals surface area contributed by atoms with Crippen LogP contribution in [0.3, 0.4) is 0 Å². The van der Waals surface area contributed by atoms with Gasteiger partial charge in [-0.15, -0.1) is 0 Å². The molecule has 0 saturated carbocycles. The van der Waals surface area contributed by atoms with E-state index in [1.807, 2.05) is 60.5 Å². The standard InChI is InChI=1S/C19H19N3O2/c1-13-5-4-8-18(21-13)24-15-11-22(12-15)19(23)9-14-10-20-17-7-3-2-6-16(14)17/h2-8,10,15,20H,9,11-12H2,1H3. The summed E-state index contributed by atoms with van der Waals surface area (Å²) >= 11 is 0. The molecule has 0 unspecified atom stereocenters. The first-order chi connectivity index (χ1) is 11.7. The molecular formula is C19H19N3O2. The fraction of sp³-hybridized carbons (Fsp3) is 0.263. The van der Waals surface area contributed by atoms with Gasteiger partial charge in [0.1, 0.15) is 6.10 Å². The summed E-state index contributed by atoms with van der Waals surface area (Å²) in [5.74, 6) is 0.764. The third-order valence-corrected chi connectivity index (χ3v) is 4.37. The van der Waals surface area contributed by atoms with E-state index < -0.39 is 0 Å². The van der Waals surface area contributed by atoms with Crippen molar-refractivity contribution < 1.29 is 9.53 Å². The molecule has 1 aromatic carbocycles. The Morgan fingerprint density at radius 2 is 2.08 bits per heavy atom. The number of aromatic nitrogens is 2. The van der Waals surface area contributed by atoms with E-state index in [1.165, 1.54) is 0 Å². The van der Waals surface area contributed by atoms with Gasteiger partial charge in [0.2, 0.25) is 11.8 Å². The minimum atomic E-state index is 0.0335. The number of hydrogen-bond donors (Lipinski definition) is 1. The van der Waals surface area contributed by atoms with Crippen molar-refractivity contribution in [3.8, 4) is 5.88 Å². The van der Waals surface area contributed by atoms with Crippen LogP contribution < -0.4 is 4.74 Å². The molecular weight excluding hydrogens is 302 g/mol. The molecule has 4 rings (SSSR count). The number of carbonyl (C=O) groups is 1. The Morgan fingerprint density at radius 3 is 2.92 bits per heavy atom. The summed E-state index contributed by atoms with van der Waals surface area (Å²) in [6, 6.07) is 13.8. The molecule has 122 valence electrons. The third-order valence-electron chi connectivity index (χ3n) is 4.37. The number of H-pyrrole nitrogens is 1. The van der Waals surface area contributed by atoms with Crippen LogP contribution in [0.2, 0.25) is 0 Å². The maximum atomic E-state index is 12.4. The number of aryl methyl sites for hydroxylation is 1. The summed E-state index contributed by atoms with van der Waals surface area (Å²) in [6.45, 7) is 3.18. The van der Waals surface area contributed by atoms with E-state index in [-0.39, 0.29) is 12.0 Å². The quantitative estimate of drug-likeness (QED) is 0.804. The molecule has 1 aliphatic heterocycles. The van der Waals surface area contributed by atoms with Crippen LogP contribution >= 0.6 is 0 Å². The molecule has 0 spiro atoms. The van der Waals surface area contributed by atoms with Gasteiger partial charge in [0.05, 0.1) is 19.5 Å². The monoisotopic (exact) mass is 321 g/mol. The van der Waals surface area contributed by atoms with Crippen LogP contribution in [0, 0.1) is 6.92 Å². The predicted octanol–water partition coefficient (Wildman–Crippen LogP) is 2.70. The van der Waals surface area contributed by atoms with Crippen molar-refractivity contribution in [2.24, 2.45) is 0 Å². The molecule has 24 heavy (non-hydrogen) atoms. The van der Waals surface area contributed by atoms with E-state index in [0.29, 0.717) is 25.4 Å². The molecule has 2 aromatic heterocycles. The number of likely N-dealkylation sites (tertiary alicyclic amines) is 1. The highest BCUT2D eigenvalue weighted by Crippen LogP contribution is 2.21. The van der Waals surface area contributed by atoms with Crippen molar-refractivity contribution in [3.63, 3.8) is 0 Å². The predicted molar refractivity (Wildman–Crippen MR) is 92.0 cm³/mol. The van der Waals surface area contributed by atoms with Crippen molar-refractivity contribution in [2.75, 3.05) is 13.1 Å². The van der Waals surface area contributed by atoms with Crippen LogP contribution in [0.5, 0.6) is 5.88 Å². The zero-order chi connectivity index (χ0) is 16.5. The lowest BCUT2D eigenvalue weighted by atomic mass is 10.1. The SMILES string of the molecule is Cc1cccc(OC2CN(C(=O)Cc3c[nH]c4ccccc34)C2)n1. The molecule has 1 N–H and O–H groups in total. The molecule has 1 fully saturated rings. The van der Waals surface area contributed by atoms with Gasteiger partial charge < -0.3 is 14.6 Å². The fourth-order valence-electron chi connectivity index (χ4n) is 3.02. The Bertz CT molecular complexity index is 881. The van der Waals surface area contributed by atoms with Crippen LogP contribution in [0.4, 0.5) is 0 Å². The lowest BCUT2D eigenvalue weighted by molar-refractivity contribution is -0.139. The number of hydrogen-bond acceptors (Lipinski definition) is 3. The number of para-hydroxylation sites is 1. The average Bonchev–Trinajstić information content (AvgIpc) is 2.94.